The lowest BCUT2D eigenvalue weighted by molar-refractivity contribution is -0.121. The van der Waals surface area contributed by atoms with Crippen molar-refractivity contribution in [3.63, 3.8) is 0 Å². The Labute approximate surface area is 92.9 Å². The highest BCUT2D eigenvalue weighted by molar-refractivity contribution is 5.76. The molecule has 3 nitrogen and oxygen atoms in total. The summed E-state index contributed by atoms with van der Waals surface area (Å²) < 4.78 is 5.33. The molecular weight excluding hydrogens is 190 g/mol. The van der Waals surface area contributed by atoms with Gasteiger partial charge in [0.25, 0.3) is 0 Å². The van der Waals surface area contributed by atoms with Gasteiger partial charge in [-0.25, -0.2) is 0 Å². The molecule has 3 heteroatoms. The molecule has 0 aliphatic rings. The average Bonchev–Trinajstić information content (AvgIpc) is 2.09. The third kappa shape index (κ3) is 11.1. The Morgan fingerprint density at radius 2 is 2.07 bits per heavy atom. The van der Waals surface area contributed by atoms with E-state index in [-0.39, 0.29) is 11.9 Å². The first-order chi connectivity index (χ1) is 7.02. The molecule has 0 heterocycles. The summed E-state index contributed by atoms with van der Waals surface area (Å²) in [5.74, 6) is 0.130. The predicted octanol–water partition coefficient (Wildman–Crippen LogP) is 2.27. The van der Waals surface area contributed by atoms with E-state index in [0.29, 0.717) is 19.6 Å². The van der Waals surface area contributed by atoms with Crippen molar-refractivity contribution in [1.82, 2.24) is 5.32 Å². The highest BCUT2D eigenvalue weighted by atomic mass is 16.5. The smallest absolute Gasteiger partial charge is 0.220 e. The van der Waals surface area contributed by atoms with Crippen LogP contribution >= 0.6 is 0 Å². The Kier molecular flexibility index (Phi) is 8.01. The van der Waals surface area contributed by atoms with Crippen molar-refractivity contribution in [1.29, 1.82) is 0 Å². The van der Waals surface area contributed by atoms with Gasteiger partial charge in [0, 0.05) is 19.1 Å². The number of carbonyl (C=O) groups is 1. The van der Waals surface area contributed by atoms with E-state index in [9.17, 15) is 4.79 Å². The zero-order valence-electron chi connectivity index (χ0n) is 10.1. The molecule has 1 N–H and O–H groups in total. The van der Waals surface area contributed by atoms with Gasteiger partial charge < -0.3 is 10.1 Å². The number of ether oxygens (including phenoxy) is 1. The fraction of sp³-hybridized carbons (Fsp3) is 0.750. The fourth-order valence-electron chi connectivity index (χ4n) is 1.13. The Hall–Kier alpha value is -0.830. The predicted molar refractivity (Wildman–Crippen MR) is 62.8 cm³/mol. The lowest BCUT2D eigenvalue weighted by Crippen LogP contribution is -2.29. The van der Waals surface area contributed by atoms with Crippen LogP contribution < -0.4 is 5.32 Å². The molecule has 0 spiro atoms. The van der Waals surface area contributed by atoms with Crippen molar-refractivity contribution in [2.24, 2.45) is 0 Å². The molecule has 0 fully saturated rings. The van der Waals surface area contributed by atoms with E-state index in [0.717, 1.165) is 18.4 Å². The molecule has 0 radical (unpaired) electrons. The van der Waals surface area contributed by atoms with E-state index in [2.05, 4.69) is 11.9 Å². The van der Waals surface area contributed by atoms with Gasteiger partial charge in [0.15, 0.2) is 0 Å². The summed E-state index contributed by atoms with van der Waals surface area (Å²) in [4.78, 5) is 11.2. The Morgan fingerprint density at radius 1 is 1.40 bits per heavy atom. The van der Waals surface area contributed by atoms with Gasteiger partial charge in [-0.3, -0.25) is 4.79 Å². The standard InChI is InChI=1S/C12H23NO2/c1-10(2)9-15-8-6-5-7-12(14)13-11(3)4/h11H,1,5-9H2,2-4H3,(H,13,14). The molecule has 88 valence electrons. The summed E-state index contributed by atoms with van der Waals surface area (Å²) in [6.07, 6.45) is 2.40. The van der Waals surface area contributed by atoms with Gasteiger partial charge in [-0.1, -0.05) is 12.2 Å². The van der Waals surface area contributed by atoms with Crippen LogP contribution in [0, 0.1) is 0 Å². The van der Waals surface area contributed by atoms with Crippen LogP contribution in [0.25, 0.3) is 0 Å². The summed E-state index contributed by atoms with van der Waals surface area (Å²) in [7, 11) is 0. The van der Waals surface area contributed by atoms with Crippen LogP contribution in [0.15, 0.2) is 12.2 Å². The zero-order valence-corrected chi connectivity index (χ0v) is 10.1. The normalized spacial score (nSPS) is 10.4. The first-order valence-corrected chi connectivity index (χ1v) is 5.54. The van der Waals surface area contributed by atoms with Gasteiger partial charge in [0.1, 0.15) is 0 Å². The third-order valence-corrected chi connectivity index (χ3v) is 1.74. The Bertz CT molecular complexity index is 200. The Balaban J connectivity index is 3.24. The van der Waals surface area contributed by atoms with Gasteiger partial charge in [-0.05, 0) is 33.6 Å². The van der Waals surface area contributed by atoms with Crippen molar-refractivity contribution in [3.8, 4) is 0 Å². The molecule has 0 saturated heterocycles. The van der Waals surface area contributed by atoms with Crippen LogP contribution in [0.4, 0.5) is 0 Å². The zero-order chi connectivity index (χ0) is 11.7. The maximum atomic E-state index is 11.2. The molecule has 1 amide bonds. The molecule has 0 unspecified atom stereocenters. The topological polar surface area (TPSA) is 38.3 Å². The third-order valence-electron chi connectivity index (χ3n) is 1.74. The molecule has 0 atom stereocenters. The van der Waals surface area contributed by atoms with Gasteiger partial charge >= 0.3 is 0 Å². The van der Waals surface area contributed by atoms with E-state index < -0.39 is 0 Å². The van der Waals surface area contributed by atoms with Gasteiger partial charge in [0.2, 0.25) is 5.91 Å². The number of hydrogen-bond donors (Lipinski definition) is 1. The maximum Gasteiger partial charge on any atom is 0.220 e. The minimum absolute atomic E-state index is 0.130. The first kappa shape index (κ1) is 14.2. The number of unbranched alkanes of at least 4 members (excludes halogenated alkanes) is 1. The second-order valence-corrected chi connectivity index (χ2v) is 4.19. The van der Waals surface area contributed by atoms with Crippen molar-refractivity contribution in [2.75, 3.05) is 13.2 Å². The van der Waals surface area contributed by atoms with Crippen LogP contribution in [0.1, 0.15) is 40.0 Å². The number of nitrogens with one attached hydrogen (secondary N) is 1. The molecule has 15 heavy (non-hydrogen) atoms. The SMILES string of the molecule is C=C(C)COCCCCC(=O)NC(C)C. The maximum absolute atomic E-state index is 11.2. The lowest BCUT2D eigenvalue weighted by Gasteiger charge is -2.08. The number of rotatable bonds is 8. The molecule has 0 aliphatic carbocycles. The fourth-order valence-corrected chi connectivity index (χ4v) is 1.13. The summed E-state index contributed by atoms with van der Waals surface area (Å²) in [5, 5.41) is 2.86. The number of carbonyl (C=O) groups excluding carboxylic acids is 1. The van der Waals surface area contributed by atoms with Gasteiger partial charge in [-0.2, -0.15) is 0 Å². The van der Waals surface area contributed by atoms with Crippen molar-refractivity contribution in [2.45, 2.75) is 46.1 Å². The number of hydrogen-bond acceptors (Lipinski definition) is 2. The first-order valence-electron chi connectivity index (χ1n) is 5.54. The van der Waals surface area contributed by atoms with Crippen molar-refractivity contribution < 1.29 is 9.53 Å². The van der Waals surface area contributed by atoms with Gasteiger partial charge in [0.05, 0.1) is 6.61 Å². The van der Waals surface area contributed by atoms with Gasteiger partial charge in [-0.15, -0.1) is 0 Å². The van der Waals surface area contributed by atoms with E-state index >= 15 is 0 Å². The quantitative estimate of drug-likeness (QED) is 0.496. The minimum atomic E-state index is 0.130. The molecule has 0 aromatic carbocycles. The van der Waals surface area contributed by atoms with E-state index in [1.807, 2.05) is 20.8 Å². The molecule has 0 saturated carbocycles. The van der Waals surface area contributed by atoms with Crippen molar-refractivity contribution in [3.05, 3.63) is 12.2 Å². The molecule has 0 aromatic rings. The van der Waals surface area contributed by atoms with Crippen LogP contribution in [-0.2, 0) is 9.53 Å². The highest BCUT2D eigenvalue weighted by Gasteiger charge is 2.02. The molecule has 0 bridgehead atoms. The highest BCUT2D eigenvalue weighted by Crippen LogP contribution is 1.98. The molecule has 0 rings (SSSR count). The Morgan fingerprint density at radius 3 is 2.60 bits per heavy atom. The van der Waals surface area contributed by atoms with Crippen LogP contribution in [0.5, 0.6) is 0 Å². The van der Waals surface area contributed by atoms with E-state index in [4.69, 9.17) is 4.74 Å². The molecule has 0 aliphatic heterocycles. The monoisotopic (exact) mass is 213 g/mol. The van der Waals surface area contributed by atoms with E-state index in [1.54, 1.807) is 0 Å². The lowest BCUT2D eigenvalue weighted by atomic mass is 10.2. The van der Waals surface area contributed by atoms with Crippen molar-refractivity contribution >= 4 is 5.91 Å². The van der Waals surface area contributed by atoms with Crippen LogP contribution in [-0.4, -0.2) is 25.2 Å². The number of amides is 1. The molecular formula is C12H23NO2. The van der Waals surface area contributed by atoms with Crippen LogP contribution in [0.2, 0.25) is 0 Å². The van der Waals surface area contributed by atoms with Crippen LogP contribution in [0.3, 0.4) is 0 Å². The minimum Gasteiger partial charge on any atom is -0.377 e. The molecule has 0 aromatic heterocycles. The second-order valence-electron chi connectivity index (χ2n) is 4.19. The summed E-state index contributed by atoms with van der Waals surface area (Å²) in [5.41, 5.74) is 1.03. The largest absolute Gasteiger partial charge is 0.377 e. The average molecular weight is 213 g/mol. The summed E-state index contributed by atoms with van der Waals surface area (Å²) in [6, 6.07) is 0.233. The summed E-state index contributed by atoms with van der Waals surface area (Å²) >= 11 is 0. The second kappa shape index (κ2) is 8.48. The summed E-state index contributed by atoms with van der Waals surface area (Å²) in [6.45, 7) is 11.0. The van der Waals surface area contributed by atoms with E-state index in [1.165, 1.54) is 0 Å².